The number of hydrogen-bond acceptors (Lipinski definition) is 4. The number of benzene rings is 1. The standard InChI is InChI=1S/C20H23NO4/c1-10-7-14-15(8-11(10)2)25-19-16(18(14)23)17(21(3)20(19)24)12-5-4-6-13(22)9-12/h4-6,9-11,14-15,17,22H,7-8H2,1-3H3. The molecule has 2 aliphatic heterocycles. The average molecular weight is 341 g/mol. The molecular weight excluding hydrogens is 318 g/mol. The highest BCUT2D eigenvalue weighted by atomic mass is 16.5. The van der Waals surface area contributed by atoms with Gasteiger partial charge in [0.15, 0.2) is 11.5 Å². The number of fused-ring (bicyclic) bond motifs is 1. The van der Waals surface area contributed by atoms with E-state index in [2.05, 4.69) is 13.8 Å². The van der Waals surface area contributed by atoms with E-state index in [1.54, 1.807) is 30.1 Å². The number of rotatable bonds is 1. The third-order valence-electron chi connectivity index (χ3n) is 6.13. The van der Waals surface area contributed by atoms with Gasteiger partial charge in [-0.2, -0.15) is 0 Å². The Morgan fingerprint density at radius 2 is 1.88 bits per heavy atom. The van der Waals surface area contributed by atoms with E-state index in [1.807, 2.05) is 6.07 Å². The second kappa shape index (κ2) is 5.61. The van der Waals surface area contributed by atoms with Crippen LogP contribution >= 0.6 is 0 Å². The predicted molar refractivity (Wildman–Crippen MR) is 91.6 cm³/mol. The zero-order valence-electron chi connectivity index (χ0n) is 14.7. The van der Waals surface area contributed by atoms with Crippen molar-refractivity contribution in [2.45, 2.75) is 38.8 Å². The number of carbonyl (C=O) groups is 2. The molecule has 0 aromatic heterocycles. The van der Waals surface area contributed by atoms with Crippen LogP contribution in [-0.2, 0) is 14.3 Å². The van der Waals surface area contributed by atoms with Crippen molar-refractivity contribution < 1.29 is 19.4 Å². The summed E-state index contributed by atoms with van der Waals surface area (Å²) in [4.78, 5) is 27.5. The van der Waals surface area contributed by atoms with Crippen LogP contribution in [0.2, 0.25) is 0 Å². The molecule has 2 heterocycles. The molecule has 1 N–H and O–H groups in total. The first-order valence-corrected chi connectivity index (χ1v) is 8.89. The van der Waals surface area contributed by atoms with Crippen molar-refractivity contribution in [1.29, 1.82) is 0 Å². The maximum atomic E-state index is 13.3. The smallest absolute Gasteiger partial charge is 0.289 e. The van der Waals surface area contributed by atoms with Gasteiger partial charge in [0.25, 0.3) is 5.91 Å². The maximum absolute atomic E-state index is 13.3. The minimum atomic E-state index is -0.488. The fourth-order valence-corrected chi connectivity index (χ4v) is 4.46. The van der Waals surface area contributed by atoms with Gasteiger partial charge in [-0.05, 0) is 42.4 Å². The number of likely N-dealkylation sites (N-methyl/N-ethyl adjacent to an activating group) is 1. The van der Waals surface area contributed by atoms with Crippen LogP contribution in [0.4, 0.5) is 0 Å². The predicted octanol–water partition coefficient (Wildman–Crippen LogP) is 2.81. The number of aromatic hydroxyl groups is 1. The summed E-state index contributed by atoms with van der Waals surface area (Å²) in [6.45, 7) is 4.35. The van der Waals surface area contributed by atoms with Gasteiger partial charge >= 0.3 is 0 Å². The van der Waals surface area contributed by atoms with E-state index in [0.29, 0.717) is 17.4 Å². The second-order valence-electron chi connectivity index (χ2n) is 7.71. The number of carbonyl (C=O) groups excluding carboxylic acids is 2. The third-order valence-corrected chi connectivity index (χ3v) is 6.13. The third kappa shape index (κ3) is 2.36. The lowest BCUT2D eigenvalue weighted by atomic mass is 9.70. The minimum Gasteiger partial charge on any atom is -0.508 e. The van der Waals surface area contributed by atoms with Crippen LogP contribution in [0.1, 0.15) is 38.3 Å². The number of phenolic OH excluding ortho intramolecular Hbond substituents is 1. The number of hydrogen-bond donors (Lipinski definition) is 1. The van der Waals surface area contributed by atoms with Crippen molar-refractivity contribution in [3.05, 3.63) is 41.2 Å². The molecule has 5 nitrogen and oxygen atoms in total. The quantitative estimate of drug-likeness (QED) is 0.853. The molecule has 0 spiro atoms. The Hall–Kier alpha value is -2.30. The first-order valence-electron chi connectivity index (χ1n) is 8.89. The molecule has 0 bridgehead atoms. The number of nitrogens with zero attached hydrogens (tertiary/aromatic N) is 1. The number of ether oxygens (including phenoxy) is 1. The summed E-state index contributed by atoms with van der Waals surface area (Å²) >= 11 is 0. The van der Waals surface area contributed by atoms with E-state index in [0.717, 1.165) is 18.4 Å². The van der Waals surface area contributed by atoms with Crippen LogP contribution in [-0.4, -0.2) is 34.8 Å². The molecule has 0 radical (unpaired) electrons. The van der Waals surface area contributed by atoms with Crippen molar-refractivity contribution in [1.82, 2.24) is 4.90 Å². The Balaban J connectivity index is 1.77. The Labute approximate surface area is 147 Å². The molecule has 0 saturated heterocycles. The molecule has 1 aromatic rings. The SMILES string of the molecule is CC1CC2OC3=C(C(=O)C2CC1C)C(c1cccc(O)c1)N(C)C3=O. The highest BCUT2D eigenvalue weighted by molar-refractivity contribution is 6.11. The van der Waals surface area contributed by atoms with Crippen LogP contribution in [0.5, 0.6) is 5.75 Å². The Bertz CT molecular complexity index is 784. The van der Waals surface area contributed by atoms with Gasteiger partial charge in [-0.25, -0.2) is 0 Å². The van der Waals surface area contributed by atoms with Gasteiger partial charge in [-0.1, -0.05) is 26.0 Å². The van der Waals surface area contributed by atoms with Crippen LogP contribution in [0.25, 0.3) is 0 Å². The van der Waals surface area contributed by atoms with Crippen molar-refractivity contribution in [2.24, 2.45) is 17.8 Å². The summed E-state index contributed by atoms with van der Waals surface area (Å²) in [5.41, 5.74) is 1.19. The number of amides is 1. The average Bonchev–Trinajstić information content (AvgIpc) is 2.82. The van der Waals surface area contributed by atoms with E-state index in [1.165, 1.54) is 0 Å². The summed E-state index contributed by atoms with van der Waals surface area (Å²) in [6.07, 6.45) is 1.41. The molecule has 1 fully saturated rings. The van der Waals surface area contributed by atoms with Crippen molar-refractivity contribution in [2.75, 3.05) is 7.05 Å². The highest BCUT2D eigenvalue weighted by Crippen LogP contribution is 2.48. The topological polar surface area (TPSA) is 66.8 Å². The van der Waals surface area contributed by atoms with Gasteiger partial charge in [-0.3, -0.25) is 9.59 Å². The zero-order valence-corrected chi connectivity index (χ0v) is 14.7. The summed E-state index contributed by atoms with van der Waals surface area (Å²) in [5, 5.41) is 9.80. The lowest BCUT2D eigenvalue weighted by Crippen LogP contribution is -2.43. The molecule has 4 rings (SSSR count). The summed E-state index contributed by atoms with van der Waals surface area (Å²) in [7, 11) is 1.68. The zero-order chi connectivity index (χ0) is 17.9. The molecule has 1 aromatic carbocycles. The minimum absolute atomic E-state index is 0.0380. The van der Waals surface area contributed by atoms with E-state index in [4.69, 9.17) is 4.74 Å². The molecule has 25 heavy (non-hydrogen) atoms. The van der Waals surface area contributed by atoms with Gasteiger partial charge in [-0.15, -0.1) is 0 Å². The largest absolute Gasteiger partial charge is 0.508 e. The Morgan fingerprint density at radius 3 is 2.60 bits per heavy atom. The first-order chi connectivity index (χ1) is 11.9. The fraction of sp³-hybridized carbons (Fsp3) is 0.500. The second-order valence-corrected chi connectivity index (χ2v) is 7.71. The molecule has 5 heteroatoms. The molecular formula is C20H23NO4. The van der Waals surface area contributed by atoms with E-state index >= 15 is 0 Å². The number of Topliss-reactive ketones (excluding diaryl/α,β-unsaturated/α-hetero) is 1. The first kappa shape index (κ1) is 16.2. The van der Waals surface area contributed by atoms with Crippen molar-refractivity contribution in [3.63, 3.8) is 0 Å². The van der Waals surface area contributed by atoms with Crippen LogP contribution in [0.15, 0.2) is 35.6 Å². The van der Waals surface area contributed by atoms with E-state index in [-0.39, 0.29) is 35.2 Å². The van der Waals surface area contributed by atoms with Crippen molar-refractivity contribution >= 4 is 11.7 Å². The molecule has 3 aliphatic rings. The molecule has 1 aliphatic carbocycles. The molecule has 132 valence electrons. The van der Waals surface area contributed by atoms with Crippen molar-refractivity contribution in [3.8, 4) is 5.75 Å². The van der Waals surface area contributed by atoms with Gasteiger partial charge in [0.1, 0.15) is 11.9 Å². The monoisotopic (exact) mass is 341 g/mol. The van der Waals surface area contributed by atoms with Gasteiger partial charge in [0.05, 0.1) is 17.5 Å². The molecule has 5 atom stereocenters. The van der Waals surface area contributed by atoms with Crippen LogP contribution < -0.4 is 0 Å². The number of ketones is 1. The van der Waals surface area contributed by atoms with E-state index < -0.39 is 6.04 Å². The van der Waals surface area contributed by atoms with Gasteiger partial charge in [0, 0.05) is 7.05 Å². The normalized spacial score (nSPS) is 34.7. The van der Waals surface area contributed by atoms with Crippen LogP contribution in [0.3, 0.4) is 0 Å². The maximum Gasteiger partial charge on any atom is 0.289 e. The van der Waals surface area contributed by atoms with Gasteiger partial charge < -0.3 is 14.7 Å². The number of phenols is 1. The molecule has 1 saturated carbocycles. The Kier molecular flexibility index (Phi) is 3.63. The van der Waals surface area contributed by atoms with Gasteiger partial charge in [0.2, 0.25) is 0 Å². The van der Waals surface area contributed by atoms with E-state index in [9.17, 15) is 14.7 Å². The molecule has 5 unspecified atom stereocenters. The summed E-state index contributed by atoms with van der Waals surface area (Å²) < 4.78 is 6.07. The lowest BCUT2D eigenvalue weighted by molar-refractivity contribution is -0.136. The Morgan fingerprint density at radius 1 is 1.16 bits per heavy atom. The highest BCUT2D eigenvalue weighted by Gasteiger charge is 2.52. The lowest BCUT2D eigenvalue weighted by Gasteiger charge is -2.40. The van der Waals surface area contributed by atoms with Crippen LogP contribution in [0, 0.1) is 17.8 Å². The fourth-order valence-electron chi connectivity index (χ4n) is 4.46. The summed E-state index contributed by atoms with van der Waals surface area (Å²) in [5.74, 6) is 0.886. The summed E-state index contributed by atoms with van der Waals surface area (Å²) in [6, 6.07) is 6.25. The molecule has 1 amide bonds.